The Morgan fingerprint density at radius 1 is 1.00 bits per heavy atom. The molecule has 2 amide bonds. The third-order valence-corrected chi connectivity index (χ3v) is 8.67. The molecular formula is C32H42F3N5O2S. The average molecular weight is 618 g/mol. The lowest BCUT2D eigenvalue weighted by molar-refractivity contribution is -0.137. The molecule has 1 aliphatic heterocycles. The van der Waals surface area contributed by atoms with E-state index in [2.05, 4.69) is 26.6 Å². The zero-order chi connectivity index (χ0) is 30.8. The molecule has 2 aliphatic rings. The standard InChI is InChI=1S/C32H42F3N5O2S/c1-21-9-11-23(12-10-21)31(43)37-16-5-6-22-15-17-36-19-28(22)40-29(41)20-38-30(42)26-18-24(32(33,34)35)13-14-27(26)39-25-7-3-2-4-8-25/h9-14,18,22,25,28,36,39H,2-8,15-17,19-20H2,1H3,(H,37,43)(H,38,42)(H,40,41)/t22-,28+/m1/s1. The van der Waals surface area contributed by atoms with Gasteiger partial charge < -0.3 is 26.6 Å². The number of nitrogens with one attached hydrogen (secondary N) is 5. The predicted octanol–water partition coefficient (Wildman–Crippen LogP) is 5.33. The van der Waals surface area contributed by atoms with E-state index >= 15 is 0 Å². The van der Waals surface area contributed by atoms with Gasteiger partial charge in [-0.3, -0.25) is 9.59 Å². The molecular weight excluding hydrogens is 575 g/mol. The number of carbonyl (C=O) groups is 2. The Morgan fingerprint density at radius 2 is 1.74 bits per heavy atom. The molecule has 5 N–H and O–H groups in total. The van der Waals surface area contributed by atoms with Crippen LogP contribution in [0, 0.1) is 12.8 Å². The van der Waals surface area contributed by atoms with Crippen LogP contribution < -0.4 is 26.6 Å². The summed E-state index contributed by atoms with van der Waals surface area (Å²) in [5, 5.41) is 15.4. The van der Waals surface area contributed by atoms with Gasteiger partial charge in [0, 0.05) is 36.4 Å². The van der Waals surface area contributed by atoms with Crippen molar-refractivity contribution in [2.24, 2.45) is 5.92 Å². The minimum Gasteiger partial charge on any atom is -0.382 e. The number of aryl methyl sites for hydroxylation is 1. The molecule has 0 spiro atoms. The topological polar surface area (TPSA) is 94.3 Å². The Balaban J connectivity index is 1.28. The maximum absolute atomic E-state index is 13.4. The summed E-state index contributed by atoms with van der Waals surface area (Å²) in [6, 6.07) is 11.2. The molecule has 0 aromatic heterocycles. The third kappa shape index (κ3) is 9.92. The Hall–Kier alpha value is -3.18. The lowest BCUT2D eigenvalue weighted by Crippen LogP contribution is -2.53. The Labute approximate surface area is 257 Å². The summed E-state index contributed by atoms with van der Waals surface area (Å²) in [6.07, 6.45) is 3.09. The number of piperidine rings is 1. The minimum atomic E-state index is -4.58. The van der Waals surface area contributed by atoms with E-state index in [0.717, 1.165) is 82.2 Å². The fourth-order valence-electron chi connectivity index (χ4n) is 5.82. The van der Waals surface area contributed by atoms with Crippen molar-refractivity contribution in [2.75, 3.05) is 31.5 Å². The van der Waals surface area contributed by atoms with Gasteiger partial charge in [0.25, 0.3) is 5.91 Å². The van der Waals surface area contributed by atoms with Crippen molar-refractivity contribution >= 4 is 34.7 Å². The molecule has 1 aliphatic carbocycles. The Morgan fingerprint density at radius 3 is 2.47 bits per heavy atom. The quantitative estimate of drug-likeness (QED) is 0.173. The van der Waals surface area contributed by atoms with Crippen molar-refractivity contribution in [2.45, 2.75) is 76.6 Å². The highest BCUT2D eigenvalue weighted by Gasteiger charge is 2.32. The molecule has 0 radical (unpaired) electrons. The lowest BCUT2D eigenvalue weighted by Gasteiger charge is -2.33. The monoisotopic (exact) mass is 617 g/mol. The van der Waals surface area contributed by atoms with Gasteiger partial charge in [0.15, 0.2) is 0 Å². The second kappa shape index (κ2) is 15.5. The number of hydrogen-bond acceptors (Lipinski definition) is 5. The maximum atomic E-state index is 13.4. The summed E-state index contributed by atoms with van der Waals surface area (Å²) < 4.78 is 40.3. The predicted molar refractivity (Wildman–Crippen MR) is 167 cm³/mol. The second-order valence-corrected chi connectivity index (χ2v) is 12.0. The van der Waals surface area contributed by atoms with Gasteiger partial charge in [0.2, 0.25) is 5.91 Å². The molecule has 4 rings (SSSR count). The number of hydrogen-bond donors (Lipinski definition) is 5. The first kappa shape index (κ1) is 32.7. The van der Waals surface area contributed by atoms with E-state index in [1.807, 2.05) is 31.2 Å². The maximum Gasteiger partial charge on any atom is 0.416 e. The van der Waals surface area contributed by atoms with Gasteiger partial charge in [-0.05, 0) is 69.7 Å². The summed E-state index contributed by atoms with van der Waals surface area (Å²) in [7, 11) is 0. The van der Waals surface area contributed by atoms with Crippen LogP contribution in [0.5, 0.6) is 0 Å². The third-order valence-electron chi connectivity index (χ3n) is 8.29. The summed E-state index contributed by atoms with van der Waals surface area (Å²) >= 11 is 5.50. The van der Waals surface area contributed by atoms with Crippen molar-refractivity contribution in [1.29, 1.82) is 0 Å². The summed E-state index contributed by atoms with van der Waals surface area (Å²) in [5.41, 5.74) is 1.50. The molecule has 2 atom stereocenters. The molecule has 2 aromatic carbocycles. The highest BCUT2D eigenvalue weighted by Crippen LogP contribution is 2.33. The molecule has 1 saturated heterocycles. The van der Waals surface area contributed by atoms with Gasteiger partial charge in [-0.1, -0.05) is 61.3 Å². The minimum absolute atomic E-state index is 0.101. The first-order chi connectivity index (χ1) is 20.6. The van der Waals surface area contributed by atoms with Gasteiger partial charge in [0.05, 0.1) is 17.7 Å². The number of thiocarbonyl (C=S) groups is 1. The fraction of sp³-hybridized carbons (Fsp3) is 0.531. The zero-order valence-corrected chi connectivity index (χ0v) is 25.4. The number of carbonyl (C=O) groups excluding carboxylic acids is 2. The Bertz CT molecular complexity index is 1250. The van der Waals surface area contributed by atoms with E-state index < -0.39 is 17.6 Å². The molecule has 11 heteroatoms. The van der Waals surface area contributed by atoms with Gasteiger partial charge in [-0.25, -0.2) is 0 Å². The van der Waals surface area contributed by atoms with E-state index in [9.17, 15) is 22.8 Å². The van der Waals surface area contributed by atoms with Crippen molar-refractivity contribution in [3.05, 3.63) is 64.7 Å². The van der Waals surface area contributed by atoms with Crippen LogP contribution in [0.2, 0.25) is 0 Å². The summed E-state index contributed by atoms with van der Waals surface area (Å²) in [4.78, 5) is 26.6. The van der Waals surface area contributed by atoms with Crippen LogP contribution in [0.15, 0.2) is 42.5 Å². The van der Waals surface area contributed by atoms with Gasteiger partial charge in [-0.2, -0.15) is 13.2 Å². The SMILES string of the molecule is Cc1ccc(C(=S)NCCC[C@@H]2CCNC[C@@H]2NC(=O)CNC(=O)c2cc(C(F)(F)F)ccc2NC2CCCCC2)cc1. The molecule has 0 unspecified atom stereocenters. The van der Waals surface area contributed by atoms with Crippen molar-refractivity contribution in [3.63, 3.8) is 0 Å². The second-order valence-electron chi connectivity index (χ2n) is 11.6. The number of alkyl halides is 3. The highest BCUT2D eigenvalue weighted by atomic mass is 32.1. The van der Waals surface area contributed by atoms with Crippen LogP contribution in [0.1, 0.15) is 78.4 Å². The van der Waals surface area contributed by atoms with Gasteiger partial charge in [-0.15, -0.1) is 0 Å². The van der Waals surface area contributed by atoms with Crippen LogP contribution in [0.4, 0.5) is 18.9 Å². The molecule has 0 bridgehead atoms. The number of rotatable bonds is 11. The van der Waals surface area contributed by atoms with Gasteiger partial charge >= 0.3 is 6.18 Å². The molecule has 234 valence electrons. The number of anilines is 1. The van der Waals surface area contributed by atoms with E-state index in [0.29, 0.717) is 17.2 Å². The number of benzene rings is 2. The van der Waals surface area contributed by atoms with E-state index in [-0.39, 0.29) is 36.0 Å². The molecule has 1 heterocycles. The fourth-order valence-corrected chi connectivity index (χ4v) is 6.05. The first-order valence-corrected chi connectivity index (χ1v) is 15.6. The van der Waals surface area contributed by atoms with Crippen molar-refractivity contribution in [3.8, 4) is 0 Å². The van der Waals surface area contributed by atoms with E-state index in [1.165, 1.54) is 11.6 Å². The van der Waals surface area contributed by atoms with E-state index in [4.69, 9.17) is 12.2 Å². The van der Waals surface area contributed by atoms with Gasteiger partial charge in [0.1, 0.15) is 4.99 Å². The number of amides is 2. The molecule has 1 saturated carbocycles. The van der Waals surface area contributed by atoms with Crippen LogP contribution in [-0.4, -0.2) is 55.1 Å². The van der Waals surface area contributed by atoms with Crippen molar-refractivity contribution < 1.29 is 22.8 Å². The van der Waals surface area contributed by atoms with Crippen LogP contribution in [0.3, 0.4) is 0 Å². The van der Waals surface area contributed by atoms with Crippen LogP contribution in [0.25, 0.3) is 0 Å². The largest absolute Gasteiger partial charge is 0.416 e. The van der Waals surface area contributed by atoms with Crippen LogP contribution in [-0.2, 0) is 11.0 Å². The van der Waals surface area contributed by atoms with E-state index in [1.54, 1.807) is 0 Å². The average Bonchev–Trinajstić information content (AvgIpc) is 2.99. The lowest BCUT2D eigenvalue weighted by atomic mass is 9.88. The zero-order valence-electron chi connectivity index (χ0n) is 24.6. The van der Waals surface area contributed by atoms with Crippen LogP contribution >= 0.6 is 12.2 Å². The summed E-state index contributed by atoms with van der Waals surface area (Å²) in [6.45, 7) is 3.90. The first-order valence-electron chi connectivity index (χ1n) is 15.2. The molecule has 43 heavy (non-hydrogen) atoms. The molecule has 2 aromatic rings. The number of halogens is 3. The Kier molecular flexibility index (Phi) is 11.8. The van der Waals surface area contributed by atoms with Crippen molar-refractivity contribution in [1.82, 2.24) is 21.3 Å². The molecule has 7 nitrogen and oxygen atoms in total. The smallest absolute Gasteiger partial charge is 0.382 e. The highest BCUT2D eigenvalue weighted by molar-refractivity contribution is 7.80. The molecule has 2 fully saturated rings. The summed E-state index contributed by atoms with van der Waals surface area (Å²) in [5.74, 6) is -0.835. The normalized spacial score (nSPS) is 19.3.